The van der Waals surface area contributed by atoms with Crippen LogP contribution < -0.4 is 15.4 Å². The highest BCUT2D eigenvalue weighted by Crippen LogP contribution is 2.28. The second-order valence-corrected chi connectivity index (χ2v) is 10.9. The third-order valence-corrected chi connectivity index (χ3v) is 7.41. The first-order valence-corrected chi connectivity index (χ1v) is 12.0. The van der Waals surface area contributed by atoms with Crippen molar-refractivity contribution < 1.29 is 13.2 Å². The van der Waals surface area contributed by atoms with Crippen LogP contribution >= 0.6 is 0 Å². The number of guanidine groups is 1. The third-order valence-electron chi connectivity index (χ3n) is 5.26. The van der Waals surface area contributed by atoms with Gasteiger partial charge >= 0.3 is 0 Å². The lowest BCUT2D eigenvalue weighted by molar-refractivity contribution is 0.208. The van der Waals surface area contributed by atoms with Crippen molar-refractivity contribution in [3.63, 3.8) is 0 Å². The van der Waals surface area contributed by atoms with Gasteiger partial charge in [0.15, 0.2) is 15.8 Å². The normalized spacial score (nSPS) is 16.2. The van der Waals surface area contributed by atoms with E-state index < -0.39 is 14.6 Å². The molecule has 158 valence electrons. The van der Waals surface area contributed by atoms with Crippen LogP contribution in [0.5, 0.6) is 5.75 Å². The van der Waals surface area contributed by atoms with Crippen LogP contribution in [0, 0.1) is 6.92 Å². The number of nitrogens with one attached hydrogen (secondary N) is 2. The number of hydrogen-bond acceptors (Lipinski definition) is 4. The van der Waals surface area contributed by atoms with Crippen molar-refractivity contribution in [1.29, 1.82) is 0 Å². The van der Waals surface area contributed by atoms with Crippen LogP contribution in [0.25, 0.3) is 0 Å². The van der Waals surface area contributed by atoms with Crippen LogP contribution in [0.2, 0.25) is 0 Å². The third kappa shape index (κ3) is 6.40. The maximum absolute atomic E-state index is 11.9. The van der Waals surface area contributed by atoms with E-state index in [9.17, 15) is 8.42 Å². The number of ether oxygens (including phenoxy) is 1. The molecule has 2 N–H and O–H groups in total. The molecular weight excluding hydrogens is 374 g/mol. The highest BCUT2D eigenvalue weighted by Gasteiger charge is 2.30. The van der Waals surface area contributed by atoms with Gasteiger partial charge in [0.05, 0.1) is 17.4 Å². The Morgan fingerprint density at radius 1 is 1.25 bits per heavy atom. The lowest BCUT2D eigenvalue weighted by atomic mass is 10.1. The first-order chi connectivity index (χ1) is 13.1. The molecule has 7 heteroatoms. The first kappa shape index (κ1) is 22.5. The summed E-state index contributed by atoms with van der Waals surface area (Å²) in [6, 6.07) is 6.21. The van der Waals surface area contributed by atoms with Crippen molar-refractivity contribution in [2.75, 3.05) is 19.3 Å². The summed E-state index contributed by atoms with van der Waals surface area (Å²) < 4.78 is 29.2. The van der Waals surface area contributed by atoms with Gasteiger partial charge in [-0.2, -0.15) is 0 Å². The van der Waals surface area contributed by atoms with Gasteiger partial charge in [-0.05, 0) is 65.0 Å². The minimum atomic E-state index is -3.17. The maximum atomic E-state index is 11.9. The molecule has 0 aliphatic heterocycles. The van der Waals surface area contributed by atoms with Gasteiger partial charge in [0.25, 0.3) is 0 Å². The Kier molecular flexibility index (Phi) is 7.75. The molecule has 1 fully saturated rings. The molecule has 0 radical (unpaired) electrons. The van der Waals surface area contributed by atoms with Crippen molar-refractivity contribution in [1.82, 2.24) is 10.6 Å². The standard InChI is InChI=1S/C21H35N3O3S/c1-6-22-20(24-15-21(3,4)28(5,25)26)23-14-17-12-11-16(2)13-19(17)27-18-9-7-8-10-18/h11-13,18H,6-10,14-15H2,1-5H3,(H2,22,23,24). The zero-order valence-electron chi connectivity index (χ0n) is 17.8. The zero-order valence-corrected chi connectivity index (χ0v) is 18.7. The number of hydrogen-bond donors (Lipinski definition) is 2. The summed E-state index contributed by atoms with van der Waals surface area (Å²) in [5.41, 5.74) is 2.21. The largest absolute Gasteiger partial charge is 0.490 e. The molecule has 0 saturated heterocycles. The van der Waals surface area contributed by atoms with E-state index in [4.69, 9.17) is 4.74 Å². The molecule has 1 aliphatic carbocycles. The lowest BCUT2D eigenvalue weighted by Crippen LogP contribution is -2.47. The molecule has 0 heterocycles. The van der Waals surface area contributed by atoms with E-state index in [1.807, 2.05) is 6.92 Å². The molecule has 28 heavy (non-hydrogen) atoms. The van der Waals surface area contributed by atoms with Gasteiger partial charge in [-0.15, -0.1) is 0 Å². The fourth-order valence-corrected chi connectivity index (χ4v) is 3.36. The van der Waals surface area contributed by atoms with Crippen LogP contribution in [0.1, 0.15) is 57.6 Å². The smallest absolute Gasteiger partial charge is 0.191 e. The summed E-state index contributed by atoms with van der Waals surface area (Å²) in [6.07, 6.45) is 6.25. The van der Waals surface area contributed by atoms with E-state index >= 15 is 0 Å². The van der Waals surface area contributed by atoms with Crippen LogP contribution in [0.4, 0.5) is 0 Å². The topological polar surface area (TPSA) is 79.8 Å². The average molecular weight is 410 g/mol. The molecule has 1 aromatic carbocycles. The van der Waals surface area contributed by atoms with E-state index in [-0.39, 0.29) is 6.54 Å². The summed E-state index contributed by atoms with van der Waals surface area (Å²) in [5, 5.41) is 6.34. The Morgan fingerprint density at radius 2 is 1.93 bits per heavy atom. The summed E-state index contributed by atoms with van der Waals surface area (Å²) in [7, 11) is -3.17. The van der Waals surface area contributed by atoms with E-state index in [1.54, 1.807) is 13.8 Å². The Labute approximate surface area is 170 Å². The monoisotopic (exact) mass is 409 g/mol. The minimum Gasteiger partial charge on any atom is -0.490 e. The van der Waals surface area contributed by atoms with Crippen LogP contribution in [0.3, 0.4) is 0 Å². The van der Waals surface area contributed by atoms with Crippen molar-refractivity contribution in [3.8, 4) is 5.75 Å². The van der Waals surface area contributed by atoms with Crippen LogP contribution in [0.15, 0.2) is 23.2 Å². The molecular formula is C21H35N3O3S. The maximum Gasteiger partial charge on any atom is 0.191 e. The van der Waals surface area contributed by atoms with Crippen molar-refractivity contribution in [2.24, 2.45) is 4.99 Å². The van der Waals surface area contributed by atoms with Gasteiger partial charge < -0.3 is 15.4 Å². The molecule has 0 atom stereocenters. The second kappa shape index (κ2) is 9.63. The SMILES string of the molecule is CCNC(=NCc1ccc(C)cc1OC1CCCC1)NCC(C)(C)S(C)(=O)=O. The van der Waals surface area contributed by atoms with Gasteiger partial charge in [0, 0.05) is 24.9 Å². The summed E-state index contributed by atoms with van der Waals surface area (Å²) in [4.78, 5) is 4.65. The van der Waals surface area contributed by atoms with E-state index in [1.165, 1.54) is 24.7 Å². The number of aliphatic imine (C=N–C) groups is 1. The molecule has 1 aliphatic rings. The number of nitrogens with zero attached hydrogens (tertiary/aromatic N) is 1. The summed E-state index contributed by atoms with van der Waals surface area (Å²) in [5.74, 6) is 1.51. The predicted molar refractivity (Wildman–Crippen MR) is 116 cm³/mol. The van der Waals surface area contributed by atoms with E-state index in [2.05, 4.69) is 40.7 Å². The quantitative estimate of drug-likeness (QED) is 0.509. The van der Waals surface area contributed by atoms with E-state index in [0.717, 1.165) is 24.2 Å². The highest BCUT2D eigenvalue weighted by atomic mass is 32.2. The van der Waals surface area contributed by atoms with Crippen molar-refractivity contribution in [2.45, 2.75) is 70.8 Å². The zero-order chi connectivity index (χ0) is 20.8. The van der Waals surface area contributed by atoms with Gasteiger partial charge in [-0.3, -0.25) is 0 Å². The number of aryl methyl sites for hydroxylation is 1. The van der Waals surface area contributed by atoms with Crippen molar-refractivity contribution in [3.05, 3.63) is 29.3 Å². The Balaban J connectivity index is 2.11. The Bertz CT molecular complexity index is 782. The van der Waals surface area contributed by atoms with Crippen molar-refractivity contribution >= 4 is 15.8 Å². The second-order valence-electron chi connectivity index (χ2n) is 8.22. The first-order valence-electron chi connectivity index (χ1n) is 10.1. The number of benzene rings is 1. The molecule has 2 rings (SSSR count). The van der Waals surface area contributed by atoms with Gasteiger partial charge in [-0.1, -0.05) is 12.1 Å². The summed E-state index contributed by atoms with van der Waals surface area (Å²) >= 11 is 0. The highest BCUT2D eigenvalue weighted by molar-refractivity contribution is 7.92. The van der Waals surface area contributed by atoms with Crippen LogP contribution in [-0.4, -0.2) is 44.6 Å². The molecule has 0 amide bonds. The van der Waals surface area contributed by atoms with Gasteiger partial charge in [0.1, 0.15) is 5.75 Å². The molecule has 0 spiro atoms. The minimum absolute atomic E-state index is 0.289. The Hall–Kier alpha value is -1.76. The fraction of sp³-hybridized carbons (Fsp3) is 0.667. The molecule has 1 saturated carbocycles. The predicted octanol–water partition coefficient (Wildman–Crippen LogP) is 3.19. The van der Waals surface area contributed by atoms with Gasteiger partial charge in [0.2, 0.25) is 0 Å². The average Bonchev–Trinajstić information content (AvgIpc) is 3.11. The molecule has 6 nitrogen and oxygen atoms in total. The van der Waals surface area contributed by atoms with E-state index in [0.29, 0.717) is 25.2 Å². The lowest BCUT2D eigenvalue weighted by Gasteiger charge is -2.24. The molecule has 0 unspecified atom stereocenters. The molecule has 0 bridgehead atoms. The van der Waals surface area contributed by atoms with Gasteiger partial charge in [-0.25, -0.2) is 13.4 Å². The summed E-state index contributed by atoms with van der Waals surface area (Å²) in [6.45, 7) is 8.93. The molecule has 0 aromatic heterocycles. The van der Waals surface area contributed by atoms with Crippen LogP contribution in [-0.2, 0) is 16.4 Å². The fourth-order valence-electron chi connectivity index (χ4n) is 3.02. The number of rotatable bonds is 8. The number of sulfone groups is 1. The Morgan fingerprint density at radius 3 is 2.54 bits per heavy atom. The molecule has 1 aromatic rings.